The molecular formula is C19H14Cl2F2N2O3. The minimum Gasteiger partial charge on any atom is -0.490 e. The number of carbonyl (C=O) groups excluding carboxylic acids is 1. The molecule has 0 aromatic heterocycles. The lowest BCUT2D eigenvalue weighted by Crippen LogP contribution is -2.13. The number of carbonyl (C=O) groups is 1. The Morgan fingerprint density at radius 3 is 2.61 bits per heavy atom. The van der Waals surface area contributed by atoms with Crippen molar-refractivity contribution in [2.75, 3.05) is 11.9 Å². The first-order valence-electron chi connectivity index (χ1n) is 7.94. The SMILES string of the molecule is CCOc1cc(/C=C(/C#N)C(=O)Nc2ccc(Cl)cc2Cl)ccc1OC(F)F. The zero-order valence-corrected chi connectivity index (χ0v) is 16.0. The van der Waals surface area contributed by atoms with Crippen molar-refractivity contribution in [3.63, 3.8) is 0 Å². The van der Waals surface area contributed by atoms with Gasteiger partial charge in [0.05, 0.1) is 17.3 Å². The van der Waals surface area contributed by atoms with Crippen molar-refractivity contribution in [1.82, 2.24) is 0 Å². The van der Waals surface area contributed by atoms with E-state index in [1.807, 2.05) is 0 Å². The van der Waals surface area contributed by atoms with Crippen LogP contribution in [0.25, 0.3) is 6.08 Å². The van der Waals surface area contributed by atoms with E-state index in [4.69, 9.17) is 27.9 Å². The molecule has 0 saturated carbocycles. The van der Waals surface area contributed by atoms with Gasteiger partial charge in [0.1, 0.15) is 11.6 Å². The molecule has 0 atom stereocenters. The molecule has 2 rings (SSSR count). The lowest BCUT2D eigenvalue weighted by molar-refractivity contribution is -0.112. The van der Waals surface area contributed by atoms with E-state index >= 15 is 0 Å². The van der Waals surface area contributed by atoms with Crippen LogP contribution in [0.4, 0.5) is 14.5 Å². The fraction of sp³-hybridized carbons (Fsp3) is 0.158. The second kappa shape index (κ2) is 9.93. The molecule has 0 aliphatic carbocycles. The van der Waals surface area contributed by atoms with E-state index in [9.17, 15) is 18.8 Å². The summed E-state index contributed by atoms with van der Waals surface area (Å²) in [6, 6.07) is 10.4. The number of halogens is 4. The van der Waals surface area contributed by atoms with Crippen molar-refractivity contribution >= 4 is 40.9 Å². The van der Waals surface area contributed by atoms with Gasteiger partial charge < -0.3 is 14.8 Å². The van der Waals surface area contributed by atoms with E-state index in [1.165, 1.54) is 42.5 Å². The smallest absolute Gasteiger partial charge is 0.387 e. The zero-order chi connectivity index (χ0) is 20.7. The van der Waals surface area contributed by atoms with Crippen molar-refractivity contribution < 1.29 is 23.0 Å². The van der Waals surface area contributed by atoms with Crippen LogP contribution in [0.15, 0.2) is 42.0 Å². The Balaban J connectivity index is 2.28. The summed E-state index contributed by atoms with van der Waals surface area (Å²) in [5, 5.41) is 12.4. The van der Waals surface area contributed by atoms with Crippen LogP contribution in [0, 0.1) is 11.3 Å². The number of amides is 1. The van der Waals surface area contributed by atoms with Crippen LogP contribution in [0.3, 0.4) is 0 Å². The Hall–Kier alpha value is -2.82. The number of ether oxygens (including phenoxy) is 2. The number of anilines is 1. The fourth-order valence-corrected chi connectivity index (χ4v) is 2.63. The molecule has 0 aliphatic heterocycles. The van der Waals surface area contributed by atoms with Gasteiger partial charge >= 0.3 is 6.61 Å². The number of nitriles is 1. The molecule has 146 valence electrons. The van der Waals surface area contributed by atoms with Gasteiger partial charge in [-0.05, 0) is 48.9 Å². The normalized spacial score (nSPS) is 11.1. The van der Waals surface area contributed by atoms with Gasteiger partial charge in [0, 0.05) is 5.02 Å². The maximum Gasteiger partial charge on any atom is 0.387 e. The van der Waals surface area contributed by atoms with Crippen LogP contribution < -0.4 is 14.8 Å². The first-order chi connectivity index (χ1) is 13.3. The van der Waals surface area contributed by atoms with Crippen LogP contribution in [0.2, 0.25) is 10.0 Å². The van der Waals surface area contributed by atoms with Crippen molar-refractivity contribution in [2.24, 2.45) is 0 Å². The van der Waals surface area contributed by atoms with Gasteiger partial charge in [0.2, 0.25) is 0 Å². The highest BCUT2D eigenvalue weighted by atomic mass is 35.5. The molecule has 0 radical (unpaired) electrons. The molecule has 0 heterocycles. The third kappa shape index (κ3) is 5.84. The van der Waals surface area contributed by atoms with Gasteiger partial charge in [-0.3, -0.25) is 4.79 Å². The van der Waals surface area contributed by atoms with Crippen LogP contribution in [0.1, 0.15) is 12.5 Å². The Morgan fingerprint density at radius 1 is 1.25 bits per heavy atom. The summed E-state index contributed by atoms with van der Waals surface area (Å²) in [6.45, 7) is -1.11. The topological polar surface area (TPSA) is 71.3 Å². The summed E-state index contributed by atoms with van der Waals surface area (Å²) in [7, 11) is 0. The average Bonchev–Trinajstić information content (AvgIpc) is 2.63. The lowest BCUT2D eigenvalue weighted by Gasteiger charge is -2.12. The Morgan fingerprint density at radius 2 is 2.00 bits per heavy atom. The fourth-order valence-electron chi connectivity index (χ4n) is 2.17. The number of hydrogen-bond acceptors (Lipinski definition) is 4. The summed E-state index contributed by atoms with van der Waals surface area (Å²) < 4.78 is 34.6. The molecule has 1 amide bonds. The van der Waals surface area contributed by atoms with E-state index in [-0.39, 0.29) is 34.4 Å². The van der Waals surface area contributed by atoms with Crippen LogP contribution >= 0.6 is 23.2 Å². The number of rotatable bonds is 7. The predicted molar refractivity (Wildman–Crippen MR) is 103 cm³/mol. The number of benzene rings is 2. The monoisotopic (exact) mass is 426 g/mol. The largest absolute Gasteiger partial charge is 0.490 e. The Labute approximate surface area is 170 Å². The predicted octanol–water partition coefficient (Wildman–Crippen LogP) is 5.54. The zero-order valence-electron chi connectivity index (χ0n) is 14.5. The maximum atomic E-state index is 12.5. The van der Waals surface area contributed by atoms with Crippen molar-refractivity contribution in [1.29, 1.82) is 5.26 Å². The molecule has 5 nitrogen and oxygen atoms in total. The molecular weight excluding hydrogens is 413 g/mol. The molecule has 0 spiro atoms. The maximum absolute atomic E-state index is 12.5. The van der Waals surface area contributed by atoms with Crippen LogP contribution in [-0.4, -0.2) is 19.1 Å². The highest BCUT2D eigenvalue weighted by Crippen LogP contribution is 2.31. The van der Waals surface area contributed by atoms with Crippen LogP contribution in [0.5, 0.6) is 11.5 Å². The first-order valence-corrected chi connectivity index (χ1v) is 8.69. The second-order valence-corrected chi connectivity index (χ2v) is 6.11. The summed E-state index contributed by atoms with van der Waals surface area (Å²) in [5.41, 5.74) is 0.447. The van der Waals surface area contributed by atoms with E-state index in [1.54, 1.807) is 13.0 Å². The number of nitrogens with zero attached hydrogens (tertiary/aromatic N) is 1. The van der Waals surface area contributed by atoms with E-state index in [2.05, 4.69) is 10.1 Å². The average molecular weight is 427 g/mol. The minimum absolute atomic E-state index is 0.0648. The number of hydrogen-bond donors (Lipinski definition) is 1. The summed E-state index contributed by atoms with van der Waals surface area (Å²) in [6.07, 6.45) is 1.29. The van der Waals surface area contributed by atoms with Gasteiger partial charge in [0.15, 0.2) is 11.5 Å². The molecule has 1 N–H and O–H groups in total. The van der Waals surface area contributed by atoms with Crippen LogP contribution in [-0.2, 0) is 4.79 Å². The van der Waals surface area contributed by atoms with E-state index in [0.717, 1.165) is 0 Å². The van der Waals surface area contributed by atoms with Gasteiger partial charge in [-0.1, -0.05) is 29.3 Å². The molecule has 9 heteroatoms. The lowest BCUT2D eigenvalue weighted by atomic mass is 10.1. The van der Waals surface area contributed by atoms with Crippen molar-refractivity contribution in [3.05, 3.63) is 57.6 Å². The van der Waals surface area contributed by atoms with Gasteiger partial charge in [-0.15, -0.1) is 0 Å². The summed E-state index contributed by atoms with van der Waals surface area (Å²) in [4.78, 5) is 12.4. The van der Waals surface area contributed by atoms with E-state index in [0.29, 0.717) is 10.6 Å². The van der Waals surface area contributed by atoms with Gasteiger partial charge in [-0.25, -0.2) is 0 Å². The quantitative estimate of drug-likeness (QED) is 0.465. The third-order valence-electron chi connectivity index (χ3n) is 3.34. The number of nitrogens with one attached hydrogen (secondary N) is 1. The van der Waals surface area contributed by atoms with Crippen molar-refractivity contribution in [2.45, 2.75) is 13.5 Å². The summed E-state index contributed by atoms with van der Waals surface area (Å²) >= 11 is 11.8. The number of alkyl halides is 2. The Kier molecular flexibility index (Phi) is 7.61. The molecule has 0 saturated heterocycles. The molecule has 0 bridgehead atoms. The molecule has 28 heavy (non-hydrogen) atoms. The first kappa shape index (κ1) is 21.5. The molecule has 2 aromatic carbocycles. The minimum atomic E-state index is -3.01. The highest BCUT2D eigenvalue weighted by Gasteiger charge is 2.14. The molecule has 2 aromatic rings. The third-order valence-corrected chi connectivity index (χ3v) is 3.89. The highest BCUT2D eigenvalue weighted by molar-refractivity contribution is 6.36. The second-order valence-electron chi connectivity index (χ2n) is 5.27. The molecule has 0 fully saturated rings. The summed E-state index contributed by atoms with van der Waals surface area (Å²) in [5.74, 6) is -0.780. The standard InChI is InChI=1S/C19H14Cl2F2N2O3/c1-2-27-17-8-11(3-6-16(17)28-19(22)23)7-12(10-24)18(26)25-15-5-4-13(20)9-14(15)21/h3-9,19H,2H2,1H3,(H,25,26)/b12-7-. The van der Waals surface area contributed by atoms with Crippen molar-refractivity contribution in [3.8, 4) is 17.6 Å². The van der Waals surface area contributed by atoms with E-state index < -0.39 is 12.5 Å². The van der Waals surface area contributed by atoms with Gasteiger partial charge in [0.25, 0.3) is 5.91 Å². The molecule has 0 unspecified atom stereocenters. The van der Waals surface area contributed by atoms with Gasteiger partial charge in [-0.2, -0.15) is 14.0 Å². The molecule has 0 aliphatic rings. The Bertz CT molecular complexity index is 943.